The molecule has 1 N–H and O–H groups in total. The molecule has 0 aliphatic carbocycles. The van der Waals surface area contributed by atoms with Crippen LogP contribution < -0.4 is 0 Å². The largest absolute Gasteiger partial charge is 0.338 e. The highest BCUT2D eigenvalue weighted by atomic mass is 19.1. The predicted molar refractivity (Wildman–Crippen MR) is 58.3 cm³/mol. The minimum absolute atomic E-state index is 0.316. The molecule has 0 unspecified atom stereocenters. The number of hydrogen-bond donors (Lipinski definition) is 1. The van der Waals surface area contributed by atoms with Gasteiger partial charge in [0.25, 0.3) is 0 Å². The summed E-state index contributed by atoms with van der Waals surface area (Å²) in [4.78, 5) is 7.27. The van der Waals surface area contributed by atoms with E-state index in [0.29, 0.717) is 16.9 Å². The zero-order valence-electron chi connectivity index (χ0n) is 8.61. The van der Waals surface area contributed by atoms with Crippen LogP contribution in [-0.4, -0.2) is 19.7 Å². The summed E-state index contributed by atoms with van der Waals surface area (Å²) in [6, 6.07) is 4.85. The molecule has 80 valence electrons. The summed E-state index contributed by atoms with van der Waals surface area (Å²) in [5.74, 6) is 0.317. The van der Waals surface area contributed by atoms with Gasteiger partial charge >= 0.3 is 0 Å². The number of aromatic nitrogens is 4. The van der Waals surface area contributed by atoms with E-state index in [0.717, 1.165) is 5.56 Å². The standard InChI is InChI=1S/C11H9FN4/c1-16-6-7(5-13-16)11-14-9-4-2-3-8(12)10(9)15-11/h2-6H,1H3,(H,14,15). The Bertz CT molecular complexity index is 653. The predicted octanol–water partition coefficient (Wildman–Crippen LogP) is 2.10. The van der Waals surface area contributed by atoms with Crippen molar-refractivity contribution < 1.29 is 4.39 Å². The summed E-state index contributed by atoms with van der Waals surface area (Å²) in [6.07, 6.45) is 3.52. The van der Waals surface area contributed by atoms with Crippen molar-refractivity contribution in [3.8, 4) is 11.4 Å². The van der Waals surface area contributed by atoms with Crippen LogP contribution in [0.25, 0.3) is 22.4 Å². The highest BCUT2D eigenvalue weighted by molar-refractivity contribution is 5.79. The van der Waals surface area contributed by atoms with Gasteiger partial charge in [-0.3, -0.25) is 4.68 Å². The zero-order chi connectivity index (χ0) is 11.1. The van der Waals surface area contributed by atoms with Crippen molar-refractivity contribution in [2.45, 2.75) is 0 Å². The van der Waals surface area contributed by atoms with E-state index in [9.17, 15) is 4.39 Å². The van der Waals surface area contributed by atoms with Crippen LogP contribution in [0.15, 0.2) is 30.6 Å². The number of aromatic amines is 1. The van der Waals surface area contributed by atoms with Crippen molar-refractivity contribution in [2.75, 3.05) is 0 Å². The Morgan fingerprint density at radius 3 is 2.94 bits per heavy atom. The van der Waals surface area contributed by atoms with Crippen LogP contribution in [-0.2, 0) is 7.05 Å². The lowest BCUT2D eigenvalue weighted by Gasteiger charge is -1.86. The number of aryl methyl sites for hydroxylation is 1. The molecule has 0 saturated carbocycles. The topological polar surface area (TPSA) is 46.5 Å². The Balaban J connectivity index is 2.22. The molecule has 0 aliphatic rings. The van der Waals surface area contributed by atoms with Crippen LogP contribution in [0.4, 0.5) is 4.39 Å². The van der Waals surface area contributed by atoms with Crippen LogP contribution in [0.1, 0.15) is 0 Å². The first-order chi connectivity index (χ1) is 7.74. The van der Waals surface area contributed by atoms with Crippen LogP contribution in [0.5, 0.6) is 0 Å². The molecule has 0 radical (unpaired) electrons. The number of H-pyrrole nitrogens is 1. The molecule has 1 aromatic carbocycles. The van der Waals surface area contributed by atoms with Crippen LogP contribution in [0, 0.1) is 5.82 Å². The van der Waals surface area contributed by atoms with Gasteiger partial charge in [0.15, 0.2) is 5.82 Å². The lowest BCUT2D eigenvalue weighted by atomic mass is 10.3. The van der Waals surface area contributed by atoms with Gasteiger partial charge in [-0.15, -0.1) is 0 Å². The minimum Gasteiger partial charge on any atom is -0.338 e. The van der Waals surface area contributed by atoms with Crippen LogP contribution >= 0.6 is 0 Å². The first-order valence-corrected chi connectivity index (χ1v) is 4.87. The van der Waals surface area contributed by atoms with Gasteiger partial charge in [-0.1, -0.05) is 6.07 Å². The number of fused-ring (bicyclic) bond motifs is 1. The Morgan fingerprint density at radius 2 is 2.25 bits per heavy atom. The molecule has 0 spiro atoms. The number of imidazole rings is 1. The Hall–Kier alpha value is -2.17. The third-order valence-electron chi connectivity index (χ3n) is 2.44. The average molecular weight is 216 g/mol. The molecular formula is C11H9FN4. The summed E-state index contributed by atoms with van der Waals surface area (Å²) in [7, 11) is 1.83. The molecule has 0 aliphatic heterocycles. The van der Waals surface area contributed by atoms with Gasteiger partial charge in [-0.05, 0) is 12.1 Å². The van der Waals surface area contributed by atoms with Crippen molar-refractivity contribution in [3.63, 3.8) is 0 Å². The summed E-state index contributed by atoms with van der Waals surface area (Å²) in [5.41, 5.74) is 1.90. The first kappa shape index (κ1) is 9.08. The van der Waals surface area contributed by atoms with Gasteiger partial charge in [0.05, 0.1) is 17.3 Å². The fraction of sp³-hybridized carbons (Fsp3) is 0.0909. The van der Waals surface area contributed by atoms with Gasteiger partial charge in [0, 0.05) is 13.2 Å². The zero-order valence-corrected chi connectivity index (χ0v) is 8.61. The molecule has 0 fully saturated rings. The lowest BCUT2D eigenvalue weighted by molar-refractivity contribution is 0.637. The van der Waals surface area contributed by atoms with E-state index in [4.69, 9.17) is 0 Å². The maximum atomic E-state index is 13.4. The van der Waals surface area contributed by atoms with E-state index in [1.54, 1.807) is 23.0 Å². The van der Waals surface area contributed by atoms with E-state index < -0.39 is 0 Å². The molecule has 2 aromatic heterocycles. The van der Waals surface area contributed by atoms with E-state index in [-0.39, 0.29) is 5.82 Å². The minimum atomic E-state index is -0.316. The Kier molecular flexibility index (Phi) is 1.80. The number of rotatable bonds is 1. The molecule has 0 amide bonds. The van der Waals surface area contributed by atoms with E-state index in [1.165, 1.54) is 6.07 Å². The molecule has 3 rings (SSSR count). The maximum Gasteiger partial charge on any atom is 0.151 e. The molecule has 0 bridgehead atoms. The van der Waals surface area contributed by atoms with Gasteiger partial charge < -0.3 is 4.98 Å². The number of nitrogens with zero attached hydrogens (tertiary/aromatic N) is 3. The fourth-order valence-corrected chi connectivity index (χ4v) is 1.68. The van der Waals surface area contributed by atoms with Crippen LogP contribution in [0.2, 0.25) is 0 Å². The third-order valence-corrected chi connectivity index (χ3v) is 2.44. The number of hydrogen-bond acceptors (Lipinski definition) is 2. The molecule has 0 saturated heterocycles. The van der Waals surface area contributed by atoms with Crippen molar-refractivity contribution in [3.05, 3.63) is 36.4 Å². The second kappa shape index (κ2) is 3.16. The first-order valence-electron chi connectivity index (χ1n) is 4.87. The third kappa shape index (κ3) is 1.29. The van der Waals surface area contributed by atoms with Crippen molar-refractivity contribution in [1.29, 1.82) is 0 Å². The summed E-state index contributed by atoms with van der Waals surface area (Å²) >= 11 is 0. The average Bonchev–Trinajstić information content (AvgIpc) is 2.84. The fourth-order valence-electron chi connectivity index (χ4n) is 1.68. The van der Waals surface area contributed by atoms with E-state index in [1.807, 2.05) is 13.2 Å². The molecule has 16 heavy (non-hydrogen) atoms. The lowest BCUT2D eigenvalue weighted by Crippen LogP contribution is -1.84. The quantitative estimate of drug-likeness (QED) is 0.677. The van der Waals surface area contributed by atoms with Crippen molar-refractivity contribution >= 4 is 11.0 Å². The molecule has 4 nitrogen and oxygen atoms in total. The second-order valence-corrected chi connectivity index (χ2v) is 3.62. The maximum absolute atomic E-state index is 13.4. The number of para-hydroxylation sites is 1. The smallest absolute Gasteiger partial charge is 0.151 e. The Labute approximate surface area is 90.7 Å². The van der Waals surface area contributed by atoms with Crippen molar-refractivity contribution in [2.24, 2.45) is 7.05 Å². The van der Waals surface area contributed by atoms with Crippen LogP contribution in [0.3, 0.4) is 0 Å². The van der Waals surface area contributed by atoms with E-state index in [2.05, 4.69) is 15.1 Å². The summed E-state index contributed by atoms with van der Waals surface area (Å²) in [6.45, 7) is 0. The normalized spacial score (nSPS) is 11.1. The van der Waals surface area contributed by atoms with Gasteiger partial charge in [-0.2, -0.15) is 5.10 Å². The molecule has 0 atom stereocenters. The van der Waals surface area contributed by atoms with Crippen molar-refractivity contribution in [1.82, 2.24) is 19.7 Å². The van der Waals surface area contributed by atoms with Gasteiger partial charge in [0.1, 0.15) is 11.3 Å². The number of nitrogens with one attached hydrogen (secondary N) is 1. The van der Waals surface area contributed by atoms with Gasteiger partial charge in [0.2, 0.25) is 0 Å². The van der Waals surface area contributed by atoms with Gasteiger partial charge in [-0.25, -0.2) is 9.37 Å². The monoisotopic (exact) mass is 216 g/mol. The van der Waals surface area contributed by atoms with E-state index >= 15 is 0 Å². The highest BCUT2D eigenvalue weighted by Crippen LogP contribution is 2.21. The molecule has 3 aromatic rings. The SMILES string of the molecule is Cn1cc(-c2nc3c(F)cccc3[nH]2)cn1. The second-order valence-electron chi connectivity index (χ2n) is 3.62. The summed E-state index contributed by atoms with van der Waals surface area (Å²) in [5, 5.41) is 4.05. The Morgan fingerprint density at radius 1 is 1.38 bits per heavy atom. The number of benzene rings is 1. The molecule has 5 heteroatoms. The summed E-state index contributed by atoms with van der Waals surface area (Å²) < 4.78 is 15.1. The molecular weight excluding hydrogens is 207 g/mol. The highest BCUT2D eigenvalue weighted by Gasteiger charge is 2.09. The molecule has 2 heterocycles. The number of halogens is 1.